The summed E-state index contributed by atoms with van der Waals surface area (Å²) in [6, 6.07) is 9.76. The van der Waals surface area contributed by atoms with Gasteiger partial charge in [0.25, 0.3) is 0 Å². The Labute approximate surface area is 146 Å². The maximum Gasteiger partial charge on any atom is 0.180 e. The number of nitrogen functional groups attached to an aromatic ring is 1. The fourth-order valence-electron chi connectivity index (χ4n) is 2.67. The van der Waals surface area contributed by atoms with Crippen molar-refractivity contribution in [3.8, 4) is 0 Å². The van der Waals surface area contributed by atoms with E-state index in [-0.39, 0.29) is 22.3 Å². The Morgan fingerprint density at radius 1 is 1.29 bits per heavy atom. The molecule has 2 aromatic rings. The minimum absolute atomic E-state index is 0.00522. The molecule has 0 atom stereocenters. The molecular weight excluding hydrogens is 344 g/mol. The predicted molar refractivity (Wildman–Crippen MR) is 97.4 cm³/mol. The lowest BCUT2D eigenvalue weighted by Crippen LogP contribution is -2.17. The molecule has 1 saturated carbocycles. The number of nitrogens with two attached hydrogens (primary N) is 1. The molecule has 24 heavy (non-hydrogen) atoms. The Balaban J connectivity index is 2.02. The Hall–Kier alpha value is -1.86. The number of anilines is 2. The van der Waals surface area contributed by atoms with E-state index in [4.69, 9.17) is 5.73 Å². The molecule has 2 N–H and O–H groups in total. The molecule has 0 spiro atoms. The van der Waals surface area contributed by atoms with Gasteiger partial charge < -0.3 is 10.6 Å². The number of Topliss-reactive ketones (excluding diaryl/α,β-unsaturated/α-hetero) is 1. The van der Waals surface area contributed by atoms with Crippen molar-refractivity contribution in [1.29, 1.82) is 0 Å². The highest BCUT2D eigenvalue weighted by Gasteiger charge is 2.36. The van der Waals surface area contributed by atoms with Crippen molar-refractivity contribution in [1.82, 2.24) is 0 Å². The van der Waals surface area contributed by atoms with Crippen LogP contribution in [0.4, 0.5) is 10.7 Å². The van der Waals surface area contributed by atoms with Crippen LogP contribution in [0.15, 0.2) is 35.2 Å². The van der Waals surface area contributed by atoms with Gasteiger partial charge in [0, 0.05) is 25.8 Å². The highest BCUT2D eigenvalue weighted by Crippen LogP contribution is 2.45. The minimum atomic E-state index is -3.53. The lowest BCUT2D eigenvalue weighted by molar-refractivity contribution is 0.0972. The van der Waals surface area contributed by atoms with Crippen LogP contribution >= 0.6 is 11.3 Å². The van der Waals surface area contributed by atoms with Crippen LogP contribution in [0.5, 0.6) is 0 Å². The van der Waals surface area contributed by atoms with E-state index < -0.39 is 9.84 Å². The van der Waals surface area contributed by atoms with Crippen LogP contribution in [0.1, 0.15) is 28.1 Å². The summed E-state index contributed by atoms with van der Waals surface area (Å²) in [6.45, 7) is 0.542. The zero-order valence-corrected chi connectivity index (χ0v) is 15.3. The standard InChI is InChI=1S/C17H20N2O3S2/c1-19(10-11-6-4-3-5-7-11)17-16(24(2,21)22)13(18)15(23-17)14(20)12-8-9-12/h3-7,12H,8-10,18H2,1-2H3. The molecule has 0 bridgehead atoms. The van der Waals surface area contributed by atoms with Gasteiger partial charge in [-0.15, -0.1) is 11.3 Å². The third kappa shape index (κ3) is 3.32. The molecule has 1 aromatic heterocycles. The lowest BCUT2D eigenvalue weighted by Gasteiger charge is -2.19. The van der Waals surface area contributed by atoms with E-state index in [1.807, 2.05) is 42.3 Å². The van der Waals surface area contributed by atoms with Crippen LogP contribution in [0, 0.1) is 5.92 Å². The second-order valence-electron chi connectivity index (χ2n) is 6.23. The van der Waals surface area contributed by atoms with Crippen LogP contribution in [0.3, 0.4) is 0 Å². The molecule has 1 fully saturated rings. The molecule has 0 radical (unpaired) electrons. The van der Waals surface area contributed by atoms with Gasteiger partial charge in [-0.25, -0.2) is 8.42 Å². The average molecular weight is 364 g/mol. The van der Waals surface area contributed by atoms with Gasteiger partial charge in [0.05, 0.1) is 10.6 Å². The van der Waals surface area contributed by atoms with Crippen molar-refractivity contribution in [3.63, 3.8) is 0 Å². The van der Waals surface area contributed by atoms with Crippen LogP contribution in [0.25, 0.3) is 0 Å². The number of nitrogens with zero attached hydrogens (tertiary/aromatic N) is 1. The summed E-state index contributed by atoms with van der Waals surface area (Å²) in [5.41, 5.74) is 7.23. The lowest BCUT2D eigenvalue weighted by atomic mass is 10.2. The molecule has 0 aliphatic heterocycles. The van der Waals surface area contributed by atoms with Crippen molar-refractivity contribution in [2.75, 3.05) is 23.9 Å². The molecule has 7 heteroatoms. The van der Waals surface area contributed by atoms with E-state index in [0.29, 0.717) is 16.4 Å². The fraction of sp³-hybridized carbons (Fsp3) is 0.353. The number of hydrogen-bond acceptors (Lipinski definition) is 6. The second-order valence-corrected chi connectivity index (χ2v) is 9.18. The summed E-state index contributed by atoms with van der Waals surface area (Å²) in [7, 11) is -1.71. The summed E-state index contributed by atoms with van der Waals surface area (Å²) in [5, 5.41) is 0.530. The average Bonchev–Trinajstić information content (AvgIpc) is 3.29. The van der Waals surface area contributed by atoms with Crippen molar-refractivity contribution < 1.29 is 13.2 Å². The van der Waals surface area contributed by atoms with Crippen LogP contribution < -0.4 is 10.6 Å². The topological polar surface area (TPSA) is 80.5 Å². The van der Waals surface area contributed by atoms with Gasteiger partial charge in [0.15, 0.2) is 15.6 Å². The van der Waals surface area contributed by atoms with Gasteiger partial charge >= 0.3 is 0 Å². The molecule has 0 amide bonds. The van der Waals surface area contributed by atoms with Crippen molar-refractivity contribution in [2.45, 2.75) is 24.3 Å². The quantitative estimate of drug-likeness (QED) is 0.797. The Bertz CT molecular complexity index is 869. The molecule has 5 nitrogen and oxygen atoms in total. The third-order valence-corrected chi connectivity index (χ3v) is 6.65. The van der Waals surface area contributed by atoms with Gasteiger partial charge in [-0.3, -0.25) is 4.79 Å². The molecule has 128 valence electrons. The number of sulfone groups is 1. The number of benzene rings is 1. The normalized spacial score (nSPS) is 14.6. The molecular formula is C17H20N2O3S2. The highest BCUT2D eigenvalue weighted by molar-refractivity contribution is 7.91. The molecule has 3 rings (SSSR count). The molecule has 0 unspecified atom stereocenters. The van der Waals surface area contributed by atoms with Crippen LogP contribution in [-0.2, 0) is 16.4 Å². The highest BCUT2D eigenvalue weighted by atomic mass is 32.2. The SMILES string of the molecule is CN(Cc1ccccc1)c1sc(C(=O)C2CC2)c(N)c1S(C)(=O)=O. The zero-order chi connectivity index (χ0) is 17.5. The fourth-order valence-corrected chi connectivity index (χ4v) is 5.38. The molecule has 1 heterocycles. The first-order valence-electron chi connectivity index (χ1n) is 7.70. The maximum atomic E-state index is 12.4. The Morgan fingerprint density at radius 2 is 1.92 bits per heavy atom. The van der Waals surface area contributed by atoms with Gasteiger partial charge in [0.2, 0.25) is 0 Å². The van der Waals surface area contributed by atoms with Crippen LogP contribution in [0.2, 0.25) is 0 Å². The third-order valence-electron chi connectivity index (χ3n) is 4.03. The van der Waals surface area contributed by atoms with E-state index in [2.05, 4.69) is 0 Å². The van der Waals surface area contributed by atoms with E-state index in [0.717, 1.165) is 24.7 Å². The monoisotopic (exact) mass is 364 g/mol. The number of carbonyl (C=O) groups excluding carboxylic acids is 1. The maximum absolute atomic E-state index is 12.4. The van der Waals surface area contributed by atoms with Gasteiger partial charge in [0.1, 0.15) is 9.90 Å². The molecule has 1 aliphatic rings. The minimum Gasteiger partial charge on any atom is -0.396 e. The number of hydrogen-bond donors (Lipinski definition) is 1. The molecule has 0 saturated heterocycles. The molecule has 1 aliphatic carbocycles. The Morgan fingerprint density at radius 3 is 2.46 bits per heavy atom. The summed E-state index contributed by atoms with van der Waals surface area (Å²) >= 11 is 1.19. The van der Waals surface area contributed by atoms with E-state index in [9.17, 15) is 13.2 Å². The largest absolute Gasteiger partial charge is 0.396 e. The Kier molecular flexibility index (Phi) is 4.40. The number of rotatable bonds is 6. The number of ketones is 1. The smallest absolute Gasteiger partial charge is 0.180 e. The number of carbonyl (C=O) groups is 1. The van der Waals surface area contributed by atoms with Crippen molar-refractivity contribution in [2.24, 2.45) is 5.92 Å². The van der Waals surface area contributed by atoms with Gasteiger partial charge in [-0.1, -0.05) is 30.3 Å². The van der Waals surface area contributed by atoms with Crippen molar-refractivity contribution in [3.05, 3.63) is 40.8 Å². The van der Waals surface area contributed by atoms with Gasteiger partial charge in [-0.05, 0) is 18.4 Å². The zero-order valence-electron chi connectivity index (χ0n) is 13.7. The van der Waals surface area contributed by atoms with Crippen LogP contribution in [-0.4, -0.2) is 27.5 Å². The first kappa shape index (κ1) is 17.0. The summed E-state index contributed by atoms with van der Waals surface area (Å²) in [6.07, 6.45) is 2.86. The second kappa shape index (κ2) is 6.22. The van der Waals surface area contributed by atoms with Crippen molar-refractivity contribution >= 4 is 37.6 Å². The summed E-state index contributed by atoms with van der Waals surface area (Å²) in [4.78, 5) is 14.7. The van der Waals surface area contributed by atoms with Gasteiger partial charge in [-0.2, -0.15) is 0 Å². The predicted octanol–water partition coefficient (Wildman–Crippen LogP) is 2.96. The van der Waals surface area contributed by atoms with E-state index in [1.165, 1.54) is 11.3 Å². The first-order valence-corrected chi connectivity index (χ1v) is 10.4. The summed E-state index contributed by atoms with van der Waals surface area (Å²) in [5.74, 6) is -0.0209. The molecule has 1 aromatic carbocycles. The summed E-state index contributed by atoms with van der Waals surface area (Å²) < 4.78 is 24.5. The first-order chi connectivity index (χ1) is 11.3. The number of thiophene rings is 1. The van der Waals surface area contributed by atoms with E-state index in [1.54, 1.807) is 0 Å². The van der Waals surface area contributed by atoms with E-state index >= 15 is 0 Å².